The molecule has 1 atom stereocenters. The van der Waals surface area contributed by atoms with Gasteiger partial charge in [0.1, 0.15) is 11.5 Å². The van der Waals surface area contributed by atoms with E-state index in [1.807, 2.05) is 29.0 Å². The molecule has 0 bridgehead atoms. The molecular formula is C20H24ClN3O2. The third-order valence-corrected chi connectivity index (χ3v) is 4.28. The van der Waals surface area contributed by atoms with E-state index in [9.17, 15) is 0 Å². The number of ether oxygens (including phenoxy) is 2. The fraction of sp³-hybridized carbons (Fsp3) is 0.250. The van der Waals surface area contributed by atoms with Crippen molar-refractivity contribution in [1.82, 2.24) is 14.9 Å². The van der Waals surface area contributed by atoms with Crippen LogP contribution in [0.3, 0.4) is 0 Å². The van der Waals surface area contributed by atoms with Gasteiger partial charge in [0.15, 0.2) is 0 Å². The Morgan fingerprint density at radius 2 is 1.85 bits per heavy atom. The third-order valence-electron chi connectivity index (χ3n) is 4.28. The zero-order chi connectivity index (χ0) is 17.6. The zero-order valence-electron chi connectivity index (χ0n) is 15.2. The molecule has 0 fully saturated rings. The topological polar surface area (TPSA) is 48.3 Å². The molecule has 6 heteroatoms. The number of nitrogens with one attached hydrogen (secondary N) is 1. The van der Waals surface area contributed by atoms with Crippen LogP contribution >= 0.6 is 12.4 Å². The van der Waals surface area contributed by atoms with Crippen molar-refractivity contribution in [3.8, 4) is 17.2 Å². The molecule has 2 aromatic carbocycles. The van der Waals surface area contributed by atoms with Crippen LogP contribution in [0, 0.1) is 0 Å². The molecule has 1 unspecified atom stereocenters. The van der Waals surface area contributed by atoms with Gasteiger partial charge in [0, 0.05) is 36.2 Å². The van der Waals surface area contributed by atoms with Gasteiger partial charge in [-0.15, -0.1) is 12.4 Å². The Kier molecular flexibility index (Phi) is 7.06. The first kappa shape index (κ1) is 19.8. The molecule has 0 aliphatic heterocycles. The van der Waals surface area contributed by atoms with Gasteiger partial charge in [-0.25, -0.2) is 4.98 Å². The predicted molar refractivity (Wildman–Crippen MR) is 106 cm³/mol. The van der Waals surface area contributed by atoms with Gasteiger partial charge in [0.05, 0.1) is 20.5 Å². The Labute approximate surface area is 160 Å². The van der Waals surface area contributed by atoms with Gasteiger partial charge in [-0.2, -0.15) is 0 Å². The predicted octanol–water partition coefficient (Wildman–Crippen LogP) is 4.16. The van der Waals surface area contributed by atoms with Gasteiger partial charge in [-0.3, -0.25) is 0 Å². The molecule has 1 heterocycles. The van der Waals surface area contributed by atoms with Crippen molar-refractivity contribution in [2.75, 3.05) is 14.2 Å². The first-order chi connectivity index (χ1) is 12.2. The van der Waals surface area contributed by atoms with Crippen molar-refractivity contribution >= 4 is 12.4 Å². The number of rotatable bonds is 7. The van der Waals surface area contributed by atoms with E-state index in [0.717, 1.165) is 22.7 Å². The number of benzene rings is 2. The minimum atomic E-state index is 0. The quantitative estimate of drug-likeness (QED) is 0.675. The summed E-state index contributed by atoms with van der Waals surface area (Å²) >= 11 is 0. The first-order valence-corrected chi connectivity index (χ1v) is 8.24. The second-order valence-electron chi connectivity index (χ2n) is 5.84. The Hall–Kier alpha value is -2.50. The molecule has 5 nitrogen and oxygen atoms in total. The maximum absolute atomic E-state index is 5.44. The highest BCUT2D eigenvalue weighted by Crippen LogP contribution is 2.25. The van der Waals surface area contributed by atoms with Crippen molar-refractivity contribution in [2.45, 2.75) is 19.5 Å². The van der Waals surface area contributed by atoms with Crippen molar-refractivity contribution in [2.24, 2.45) is 0 Å². The smallest absolute Gasteiger partial charge is 0.123 e. The van der Waals surface area contributed by atoms with Crippen LogP contribution in [0.25, 0.3) is 5.69 Å². The minimum absolute atomic E-state index is 0. The van der Waals surface area contributed by atoms with E-state index >= 15 is 0 Å². The average molecular weight is 374 g/mol. The lowest BCUT2D eigenvalue weighted by Gasteiger charge is -2.17. The number of halogens is 1. The number of methoxy groups -OCH3 is 2. The molecule has 0 aliphatic carbocycles. The van der Waals surface area contributed by atoms with Crippen LogP contribution in [0.2, 0.25) is 0 Å². The molecule has 1 aromatic heterocycles. The average Bonchev–Trinajstić information content (AvgIpc) is 3.20. The van der Waals surface area contributed by atoms with Crippen LogP contribution in [-0.4, -0.2) is 23.8 Å². The van der Waals surface area contributed by atoms with Gasteiger partial charge in [-0.05, 0) is 42.8 Å². The SMILES string of the molecule is COc1ccc(OC)c(CNC(C)c2ccc(-n3ccnc3)cc2)c1.Cl. The van der Waals surface area contributed by atoms with E-state index in [4.69, 9.17) is 9.47 Å². The lowest BCUT2D eigenvalue weighted by Crippen LogP contribution is -2.18. The fourth-order valence-corrected chi connectivity index (χ4v) is 2.75. The number of nitrogens with zero attached hydrogens (tertiary/aromatic N) is 2. The van der Waals surface area contributed by atoms with E-state index < -0.39 is 0 Å². The lowest BCUT2D eigenvalue weighted by molar-refractivity contribution is 0.395. The molecule has 3 rings (SSSR count). The van der Waals surface area contributed by atoms with Crippen LogP contribution in [0.5, 0.6) is 11.5 Å². The number of imidazole rings is 1. The minimum Gasteiger partial charge on any atom is -0.497 e. The molecule has 0 aliphatic rings. The van der Waals surface area contributed by atoms with E-state index in [1.165, 1.54) is 5.56 Å². The zero-order valence-corrected chi connectivity index (χ0v) is 16.0. The highest BCUT2D eigenvalue weighted by Gasteiger charge is 2.09. The Bertz CT molecular complexity index is 804. The molecule has 0 saturated heterocycles. The molecule has 3 aromatic rings. The summed E-state index contributed by atoms with van der Waals surface area (Å²) in [6.07, 6.45) is 5.51. The third kappa shape index (κ3) is 4.56. The van der Waals surface area contributed by atoms with E-state index in [1.54, 1.807) is 26.7 Å². The van der Waals surface area contributed by atoms with Crippen molar-refractivity contribution < 1.29 is 9.47 Å². The summed E-state index contributed by atoms with van der Waals surface area (Å²) in [5.74, 6) is 1.69. The molecule has 26 heavy (non-hydrogen) atoms. The van der Waals surface area contributed by atoms with Crippen LogP contribution in [0.15, 0.2) is 61.2 Å². The summed E-state index contributed by atoms with van der Waals surface area (Å²) in [5.41, 5.74) is 3.40. The lowest BCUT2D eigenvalue weighted by atomic mass is 10.1. The summed E-state index contributed by atoms with van der Waals surface area (Å²) in [5, 5.41) is 3.54. The van der Waals surface area contributed by atoms with E-state index in [-0.39, 0.29) is 18.4 Å². The maximum atomic E-state index is 5.44. The second kappa shape index (κ2) is 9.27. The van der Waals surface area contributed by atoms with Gasteiger partial charge >= 0.3 is 0 Å². The number of hydrogen-bond donors (Lipinski definition) is 1. The molecule has 138 valence electrons. The number of aromatic nitrogens is 2. The monoisotopic (exact) mass is 373 g/mol. The summed E-state index contributed by atoms with van der Waals surface area (Å²) < 4.78 is 12.7. The second-order valence-corrected chi connectivity index (χ2v) is 5.84. The summed E-state index contributed by atoms with van der Waals surface area (Å²) in [4.78, 5) is 4.08. The largest absolute Gasteiger partial charge is 0.497 e. The van der Waals surface area contributed by atoms with Gasteiger partial charge in [-0.1, -0.05) is 12.1 Å². The Morgan fingerprint density at radius 1 is 1.08 bits per heavy atom. The van der Waals surface area contributed by atoms with Gasteiger partial charge in [0.2, 0.25) is 0 Å². The van der Waals surface area contributed by atoms with E-state index in [0.29, 0.717) is 6.54 Å². The summed E-state index contributed by atoms with van der Waals surface area (Å²) in [7, 11) is 3.35. The highest BCUT2D eigenvalue weighted by atomic mass is 35.5. The van der Waals surface area contributed by atoms with Crippen molar-refractivity contribution in [3.05, 3.63) is 72.3 Å². The standard InChI is InChI=1S/C20H23N3O2.ClH/c1-15(16-4-6-18(7-5-16)23-11-10-21-14-23)22-13-17-12-19(24-2)8-9-20(17)25-3;/h4-12,14-15,22H,13H2,1-3H3;1H. The molecule has 0 radical (unpaired) electrons. The van der Waals surface area contributed by atoms with Crippen LogP contribution < -0.4 is 14.8 Å². The molecule has 0 spiro atoms. The van der Waals surface area contributed by atoms with Crippen LogP contribution in [0.1, 0.15) is 24.1 Å². The number of hydrogen-bond acceptors (Lipinski definition) is 4. The van der Waals surface area contributed by atoms with Crippen molar-refractivity contribution in [3.63, 3.8) is 0 Å². The highest BCUT2D eigenvalue weighted by molar-refractivity contribution is 5.85. The maximum Gasteiger partial charge on any atom is 0.123 e. The fourth-order valence-electron chi connectivity index (χ4n) is 2.75. The van der Waals surface area contributed by atoms with E-state index in [2.05, 4.69) is 41.5 Å². The first-order valence-electron chi connectivity index (χ1n) is 8.24. The molecule has 1 N–H and O–H groups in total. The molecular weight excluding hydrogens is 350 g/mol. The Balaban J connectivity index is 0.00000243. The van der Waals surface area contributed by atoms with Gasteiger partial charge < -0.3 is 19.4 Å². The Morgan fingerprint density at radius 3 is 2.46 bits per heavy atom. The van der Waals surface area contributed by atoms with Crippen LogP contribution in [-0.2, 0) is 6.54 Å². The normalized spacial score (nSPS) is 11.5. The summed E-state index contributed by atoms with van der Waals surface area (Å²) in [6, 6.07) is 14.5. The summed E-state index contributed by atoms with van der Waals surface area (Å²) in [6.45, 7) is 2.85. The molecule has 0 saturated carbocycles. The van der Waals surface area contributed by atoms with Crippen molar-refractivity contribution in [1.29, 1.82) is 0 Å². The van der Waals surface area contributed by atoms with Gasteiger partial charge in [0.25, 0.3) is 0 Å². The molecule has 0 amide bonds. The van der Waals surface area contributed by atoms with Crippen LogP contribution in [0.4, 0.5) is 0 Å².